The van der Waals surface area contributed by atoms with Crippen LogP contribution in [0.4, 0.5) is 0 Å². The zero-order valence-electron chi connectivity index (χ0n) is 14.5. The lowest BCUT2D eigenvalue weighted by Gasteiger charge is -2.35. The number of ether oxygens (including phenoxy) is 1. The van der Waals surface area contributed by atoms with Crippen molar-refractivity contribution in [3.05, 3.63) is 46.3 Å². The van der Waals surface area contributed by atoms with Gasteiger partial charge in [-0.15, -0.1) is 11.3 Å². The highest BCUT2D eigenvalue weighted by Crippen LogP contribution is 2.33. The van der Waals surface area contributed by atoms with Crippen LogP contribution < -0.4 is 0 Å². The van der Waals surface area contributed by atoms with Crippen LogP contribution in [0.15, 0.2) is 36.4 Å². The molecule has 3 nitrogen and oxygen atoms in total. The lowest BCUT2D eigenvalue weighted by Crippen LogP contribution is -2.47. The van der Waals surface area contributed by atoms with E-state index in [4.69, 9.17) is 16.3 Å². The summed E-state index contributed by atoms with van der Waals surface area (Å²) in [6.45, 7) is 7.71. The number of piperazine rings is 1. The van der Waals surface area contributed by atoms with E-state index in [1.165, 1.54) is 22.6 Å². The molecule has 25 heavy (non-hydrogen) atoms. The molecule has 2 saturated heterocycles. The van der Waals surface area contributed by atoms with Crippen LogP contribution in [0.25, 0.3) is 10.4 Å². The van der Waals surface area contributed by atoms with Gasteiger partial charge in [0.05, 0.1) is 6.10 Å². The molecule has 3 heterocycles. The van der Waals surface area contributed by atoms with Crippen molar-refractivity contribution in [2.24, 2.45) is 0 Å². The molecule has 2 aliphatic heterocycles. The predicted molar refractivity (Wildman–Crippen MR) is 105 cm³/mol. The predicted octanol–water partition coefficient (Wildman–Crippen LogP) is 4.37. The molecule has 1 aromatic heterocycles. The van der Waals surface area contributed by atoms with Crippen LogP contribution in [-0.2, 0) is 11.3 Å². The fourth-order valence-electron chi connectivity index (χ4n) is 3.70. The first-order valence-corrected chi connectivity index (χ1v) is 10.4. The third-order valence-electron chi connectivity index (χ3n) is 5.13. The summed E-state index contributed by atoms with van der Waals surface area (Å²) in [5.74, 6) is 0. The van der Waals surface area contributed by atoms with Gasteiger partial charge in [0, 0.05) is 66.2 Å². The molecule has 0 bridgehead atoms. The van der Waals surface area contributed by atoms with Crippen molar-refractivity contribution in [3.63, 3.8) is 0 Å². The molecule has 4 rings (SSSR count). The lowest BCUT2D eigenvalue weighted by atomic mass is 10.2. The molecule has 134 valence electrons. The molecule has 0 N–H and O–H groups in total. The van der Waals surface area contributed by atoms with Crippen LogP contribution in [-0.4, -0.2) is 55.2 Å². The number of nitrogens with zero attached hydrogens (tertiary/aromatic N) is 2. The molecular formula is C20H25ClN2OS. The van der Waals surface area contributed by atoms with Crippen molar-refractivity contribution < 1.29 is 4.74 Å². The Morgan fingerprint density at radius 2 is 1.84 bits per heavy atom. The van der Waals surface area contributed by atoms with Gasteiger partial charge in [0.15, 0.2) is 0 Å². The monoisotopic (exact) mass is 376 g/mol. The molecular weight excluding hydrogens is 352 g/mol. The summed E-state index contributed by atoms with van der Waals surface area (Å²) in [5, 5.41) is 0.832. The summed E-state index contributed by atoms with van der Waals surface area (Å²) in [7, 11) is 0. The van der Waals surface area contributed by atoms with Gasteiger partial charge in [-0.25, -0.2) is 0 Å². The molecule has 1 atom stereocenters. The van der Waals surface area contributed by atoms with Gasteiger partial charge in [-0.2, -0.15) is 0 Å². The Labute approximate surface area is 159 Å². The first kappa shape index (κ1) is 17.5. The highest BCUT2D eigenvalue weighted by Gasteiger charge is 2.23. The molecule has 2 fully saturated rings. The highest BCUT2D eigenvalue weighted by atomic mass is 35.5. The summed E-state index contributed by atoms with van der Waals surface area (Å²) >= 11 is 8.19. The number of thiophene rings is 1. The molecule has 0 amide bonds. The van der Waals surface area contributed by atoms with Crippen molar-refractivity contribution in [2.45, 2.75) is 25.5 Å². The molecule has 2 aromatic rings. The lowest BCUT2D eigenvalue weighted by molar-refractivity contribution is 0.0491. The molecule has 0 saturated carbocycles. The van der Waals surface area contributed by atoms with Crippen LogP contribution in [0.5, 0.6) is 0 Å². The SMILES string of the molecule is Clc1ccccc1-c1ccc(CN2CCN(C[C@H]3CCCO3)CC2)s1. The van der Waals surface area contributed by atoms with Gasteiger partial charge in [0.1, 0.15) is 0 Å². The van der Waals surface area contributed by atoms with E-state index in [-0.39, 0.29) is 0 Å². The normalized spacial score (nSPS) is 22.5. The van der Waals surface area contributed by atoms with Crippen LogP contribution in [0.2, 0.25) is 5.02 Å². The number of hydrogen-bond donors (Lipinski definition) is 0. The van der Waals surface area contributed by atoms with Gasteiger partial charge in [-0.3, -0.25) is 9.80 Å². The molecule has 0 aliphatic carbocycles. The molecule has 5 heteroatoms. The van der Waals surface area contributed by atoms with Crippen LogP contribution in [0.3, 0.4) is 0 Å². The maximum atomic E-state index is 6.33. The number of halogens is 1. The Morgan fingerprint density at radius 1 is 1.04 bits per heavy atom. The molecule has 0 spiro atoms. The van der Waals surface area contributed by atoms with E-state index >= 15 is 0 Å². The van der Waals surface area contributed by atoms with Crippen molar-refractivity contribution in [1.82, 2.24) is 9.80 Å². The quantitative estimate of drug-likeness (QED) is 0.770. The van der Waals surface area contributed by atoms with E-state index in [2.05, 4.69) is 28.0 Å². The van der Waals surface area contributed by atoms with E-state index in [9.17, 15) is 0 Å². The van der Waals surface area contributed by atoms with Gasteiger partial charge >= 0.3 is 0 Å². The van der Waals surface area contributed by atoms with Gasteiger partial charge in [-0.1, -0.05) is 29.8 Å². The first-order chi connectivity index (χ1) is 12.3. The fourth-order valence-corrected chi connectivity index (χ4v) is 5.08. The van der Waals surface area contributed by atoms with Crippen molar-refractivity contribution >= 4 is 22.9 Å². The zero-order chi connectivity index (χ0) is 17.1. The first-order valence-electron chi connectivity index (χ1n) is 9.18. The Morgan fingerprint density at radius 3 is 2.60 bits per heavy atom. The van der Waals surface area contributed by atoms with E-state index in [1.54, 1.807) is 0 Å². The fraction of sp³-hybridized carbons (Fsp3) is 0.500. The van der Waals surface area contributed by atoms with Crippen LogP contribution in [0.1, 0.15) is 17.7 Å². The standard InChI is InChI=1S/C20H25ClN2OS/c21-19-6-2-1-5-18(19)20-8-7-17(25-20)15-23-11-9-22(10-12-23)14-16-4-3-13-24-16/h1-2,5-8,16H,3-4,9-15H2/t16-/m1/s1. The summed E-state index contributed by atoms with van der Waals surface area (Å²) in [6.07, 6.45) is 2.94. The summed E-state index contributed by atoms with van der Waals surface area (Å²) in [6, 6.07) is 12.5. The second-order valence-corrected chi connectivity index (χ2v) is 8.53. The van der Waals surface area contributed by atoms with Crippen LogP contribution >= 0.6 is 22.9 Å². The Kier molecular flexibility index (Phi) is 5.73. The number of rotatable bonds is 5. The number of hydrogen-bond acceptors (Lipinski definition) is 4. The molecule has 0 radical (unpaired) electrons. The molecule has 2 aliphatic rings. The smallest absolute Gasteiger partial charge is 0.0702 e. The third-order valence-corrected chi connectivity index (χ3v) is 6.56. The molecule has 1 aromatic carbocycles. The highest BCUT2D eigenvalue weighted by molar-refractivity contribution is 7.15. The van der Waals surface area contributed by atoms with Gasteiger partial charge in [-0.05, 0) is 31.0 Å². The van der Waals surface area contributed by atoms with E-state index in [0.29, 0.717) is 6.10 Å². The summed E-state index contributed by atoms with van der Waals surface area (Å²) in [5.41, 5.74) is 1.14. The Balaban J connectivity index is 1.29. The Hall–Kier alpha value is -0.910. The van der Waals surface area contributed by atoms with Crippen molar-refractivity contribution in [2.75, 3.05) is 39.3 Å². The largest absolute Gasteiger partial charge is 0.377 e. The van der Waals surface area contributed by atoms with Crippen molar-refractivity contribution in [3.8, 4) is 10.4 Å². The summed E-state index contributed by atoms with van der Waals surface area (Å²) < 4.78 is 5.77. The van der Waals surface area contributed by atoms with E-state index in [0.717, 1.165) is 56.5 Å². The van der Waals surface area contributed by atoms with Gasteiger partial charge in [0.25, 0.3) is 0 Å². The van der Waals surface area contributed by atoms with E-state index < -0.39 is 0 Å². The Bertz CT molecular complexity index is 691. The second kappa shape index (κ2) is 8.19. The third kappa shape index (κ3) is 4.44. The average molecular weight is 377 g/mol. The summed E-state index contributed by atoms with van der Waals surface area (Å²) in [4.78, 5) is 7.81. The van der Waals surface area contributed by atoms with Crippen molar-refractivity contribution in [1.29, 1.82) is 0 Å². The minimum Gasteiger partial charge on any atom is -0.377 e. The maximum Gasteiger partial charge on any atom is 0.0702 e. The zero-order valence-corrected chi connectivity index (χ0v) is 16.1. The van der Waals surface area contributed by atoms with E-state index in [1.807, 2.05) is 29.5 Å². The average Bonchev–Trinajstić information content (AvgIpc) is 3.29. The van der Waals surface area contributed by atoms with Gasteiger partial charge < -0.3 is 4.74 Å². The minimum atomic E-state index is 0.474. The maximum absolute atomic E-state index is 6.33. The number of benzene rings is 1. The van der Waals surface area contributed by atoms with Crippen LogP contribution in [0, 0.1) is 0 Å². The molecule has 0 unspecified atom stereocenters. The van der Waals surface area contributed by atoms with Gasteiger partial charge in [0.2, 0.25) is 0 Å². The minimum absolute atomic E-state index is 0.474. The topological polar surface area (TPSA) is 15.7 Å². The second-order valence-electron chi connectivity index (χ2n) is 6.96.